The Bertz CT molecular complexity index is 1100. The van der Waals surface area contributed by atoms with E-state index in [1.807, 2.05) is 19.1 Å². The highest BCUT2D eigenvalue weighted by molar-refractivity contribution is 5.83. The van der Waals surface area contributed by atoms with Crippen LogP contribution in [0.5, 0.6) is 5.75 Å². The Balaban J connectivity index is 0.000000166. The van der Waals surface area contributed by atoms with Crippen molar-refractivity contribution < 1.29 is 9.15 Å². The molecule has 0 spiro atoms. The largest absolute Gasteiger partial charge is 0.489 e. The van der Waals surface area contributed by atoms with Crippen molar-refractivity contribution in [1.29, 1.82) is 0 Å². The minimum Gasteiger partial charge on any atom is -0.489 e. The zero-order chi connectivity index (χ0) is 21.1. The second-order valence-corrected chi connectivity index (χ2v) is 8.20. The van der Waals surface area contributed by atoms with Crippen LogP contribution in [0.4, 0.5) is 0 Å². The van der Waals surface area contributed by atoms with Gasteiger partial charge in [-0.25, -0.2) is 0 Å². The third-order valence-electron chi connectivity index (χ3n) is 5.33. The van der Waals surface area contributed by atoms with E-state index in [4.69, 9.17) is 9.15 Å². The van der Waals surface area contributed by atoms with Crippen molar-refractivity contribution in [3.05, 3.63) is 80.7 Å². The summed E-state index contributed by atoms with van der Waals surface area (Å²) in [5.74, 6) is 1.98. The fourth-order valence-electron chi connectivity index (χ4n) is 3.72. The lowest BCUT2D eigenvalue weighted by atomic mass is 9.93. The molecule has 3 heteroatoms. The van der Waals surface area contributed by atoms with Crippen molar-refractivity contribution in [2.45, 2.75) is 53.4 Å². The number of hydrogen-bond acceptors (Lipinski definition) is 3. The van der Waals surface area contributed by atoms with Crippen LogP contribution in [-0.4, -0.2) is 6.61 Å². The van der Waals surface area contributed by atoms with Gasteiger partial charge in [-0.3, -0.25) is 4.79 Å². The van der Waals surface area contributed by atoms with Crippen molar-refractivity contribution in [1.82, 2.24) is 0 Å². The highest BCUT2D eigenvalue weighted by atomic mass is 16.5. The first-order valence-electron chi connectivity index (χ1n) is 10.2. The standard InChI is InChI=1S/C13H14O2.C13H16O/c1-8(2)10-5-4-9(3)12-11(14)6-7-15-13(10)12;1-9(2)11-7-6-10(3)13-12(11)5-4-8-14-13/h4-8H,1-3H3;4-7,9H,8H2,1-3H3. The van der Waals surface area contributed by atoms with Gasteiger partial charge in [0.15, 0.2) is 5.43 Å². The number of benzene rings is 2. The summed E-state index contributed by atoms with van der Waals surface area (Å²) >= 11 is 0. The first-order chi connectivity index (χ1) is 13.8. The molecule has 2 aromatic carbocycles. The topological polar surface area (TPSA) is 39.4 Å². The van der Waals surface area contributed by atoms with Gasteiger partial charge in [-0.1, -0.05) is 58.0 Å². The first-order valence-corrected chi connectivity index (χ1v) is 10.2. The maximum Gasteiger partial charge on any atom is 0.192 e. The molecule has 29 heavy (non-hydrogen) atoms. The van der Waals surface area contributed by atoms with Gasteiger partial charge in [0.05, 0.1) is 11.6 Å². The molecule has 0 aliphatic carbocycles. The monoisotopic (exact) mass is 390 g/mol. The predicted molar refractivity (Wildman–Crippen MR) is 121 cm³/mol. The van der Waals surface area contributed by atoms with Crippen molar-refractivity contribution in [2.24, 2.45) is 0 Å². The Morgan fingerprint density at radius 3 is 2.21 bits per heavy atom. The molecule has 0 unspecified atom stereocenters. The summed E-state index contributed by atoms with van der Waals surface area (Å²) in [7, 11) is 0. The summed E-state index contributed by atoms with van der Waals surface area (Å²) in [6.45, 7) is 13.4. The summed E-state index contributed by atoms with van der Waals surface area (Å²) in [6, 6.07) is 9.84. The lowest BCUT2D eigenvalue weighted by Crippen LogP contribution is -2.05. The van der Waals surface area contributed by atoms with Crippen LogP contribution in [0.1, 0.15) is 67.3 Å². The molecule has 1 aliphatic rings. The Kier molecular flexibility index (Phi) is 6.26. The van der Waals surface area contributed by atoms with Crippen LogP contribution in [0.2, 0.25) is 0 Å². The maximum atomic E-state index is 11.7. The molecule has 0 saturated heterocycles. The van der Waals surface area contributed by atoms with Gasteiger partial charge in [-0.05, 0) is 54.0 Å². The number of rotatable bonds is 2. The van der Waals surface area contributed by atoms with E-state index in [-0.39, 0.29) is 5.43 Å². The van der Waals surface area contributed by atoms with E-state index in [1.54, 1.807) is 0 Å². The highest BCUT2D eigenvalue weighted by Crippen LogP contribution is 2.34. The van der Waals surface area contributed by atoms with Crippen molar-refractivity contribution in [2.75, 3.05) is 6.61 Å². The summed E-state index contributed by atoms with van der Waals surface area (Å²) in [5.41, 5.74) is 6.72. The minimum atomic E-state index is 0.0382. The molecule has 0 N–H and O–H groups in total. The summed E-state index contributed by atoms with van der Waals surface area (Å²) in [5, 5.41) is 0.712. The van der Waals surface area contributed by atoms with Gasteiger partial charge in [0.25, 0.3) is 0 Å². The second-order valence-electron chi connectivity index (χ2n) is 8.20. The smallest absolute Gasteiger partial charge is 0.192 e. The maximum absolute atomic E-state index is 11.7. The summed E-state index contributed by atoms with van der Waals surface area (Å²) in [6.07, 6.45) is 5.73. The average Bonchev–Trinajstić information content (AvgIpc) is 2.69. The van der Waals surface area contributed by atoms with E-state index in [2.05, 4.69) is 58.9 Å². The van der Waals surface area contributed by atoms with E-state index in [0.29, 0.717) is 23.8 Å². The van der Waals surface area contributed by atoms with E-state index in [0.717, 1.165) is 22.5 Å². The SMILES string of the molecule is Cc1ccc(C(C)C)c2c1OCC=C2.Cc1ccc(C(C)C)c2occc(=O)c12. The van der Waals surface area contributed by atoms with Gasteiger partial charge in [0, 0.05) is 11.6 Å². The Hall–Kier alpha value is -2.81. The molecule has 0 bridgehead atoms. The van der Waals surface area contributed by atoms with Gasteiger partial charge in [-0.2, -0.15) is 0 Å². The molecule has 2 heterocycles. The van der Waals surface area contributed by atoms with Crippen LogP contribution in [0, 0.1) is 13.8 Å². The predicted octanol–water partition coefficient (Wildman–Crippen LogP) is 6.75. The molecule has 0 fully saturated rings. The van der Waals surface area contributed by atoms with Crippen LogP contribution in [0.15, 0.2) is 51.9 Å². The third kappa shape index (κ3) is 4.29. The molecule has 4 rings (SSSR count). The quantitative estimate of drug-likeness (QED) is 0.486. The third-order valence-corrected chi connectivity index (χ3v) is 5.33. The molecular weight excluding hydrogens is 360 g/mol. The highest BCUT2D eigenvalue weighted by Gasteiger charge is 2.14. The normalized spacial score (nSPS) is 12.6. The summed E-state index contributed by atoms with van der Waals surface area (Å²) in [4.78, 5) is 11.7. The van der Waals surface area contributed by atoms with Gasteiger partial charge >= 0.3 is 0 Å². The molecule has 1 aliphatic heterocycles. The van der Waals surface area contributed by atoms with Crippen molar-refractivity contribution >= 4 is 17.0 Å². The molecule has 1 aromatic heterocycles. The molecule has 0 amide bonds. The summed E-state index contributed by atoms with van der Waals surface area (Å²) < 4.78 is 11.1. The second kappa shape index (κ2) is 8.69. The molecule has 0 radical (unpaired) electrons. The van der Waals surface area contributed by atoms with Crippen molar-refractivity contribution in [3.8, 4) is 5.75 Å². The van der Waals surface area contributed by atoms with Gasteiger partial charge < -0.3 is 9.15 Å². The molecule has 0 saturated carbocycles. The number of fused-ring (bicyclic) bond motifs is 2. The zero-order valence-electron chi connectivity index (χ0n) is 18.2. The van der Waals surface area contributed by atoms with Gasteiger partial charge in [0.2, 0.25) is 0 Å². The fraction of sp³-hybridized carbons (Fsp3) is 0.346. The number of aryl methyl sites for hydroxylation is 2. The van der Waals surface area contributed by atoms with Crippen LogP contribution < -0.4 is 10.2 Å². The zero-order valence-corrected chi connectivity index (χ0v) is 18.2. The number of ether oxygens (including phenoxy) is 1. The van der Waals surface area contributed by atoms with Crippen molar-refractivity contribution in [3.63, 3.8) is 0 Å². The van der Waals surface area contributed by atoms with E-state index >= 15 is 0 Å². The minimum absolute atomic E-state index is 0.0382. The van der Waals surface area contributed by atoms with Crippen LogP contribution in [0.25, 0.3) is 17.0 Å². The molecule has 3 aromatic rings. The van der Waals surface area contributed by atoms with E-state index in [1.165, 1.54) is 29.0 Å². The van der Waals surface area contributed by atoms with E-state index in [9.17, 15) is 4.79 Å². The van der Waals surface area contributed by atoms with E-state index < -0.39 is 0 Å². The van der Waals surface area contributed by atoms with Crippen LogP contribution in [0.3, 0.4) is 0 Å². The first kappa shape index (κ1) is 20.9. The number of hydrogen-bond donors (Lipinski definition) is 0. The fourth-order valence-corrected chi connectivity index (χ4v) is 3.72. The molecule has 0 atom stereocenters. The lowest BCUT2D eigenvalue weighted by molar-refractivity contribution is 0.355. The van der Waals surface area contributed by atoms with Gasteiger partial charge in [0.1, 0.15) is 17.9 Å². The van der Waals surface area contributed by atoms with Crippen LogP contribution >= 0.6 is 0 Å². The average molecular weight is 391 g/mol. The Morgan fingerprint density at radius 1 is 0.862 bits per heavy atom. The van der Waals surface area contributed by atoms with Crippen LogP contribution in [-0.2, 0) is 0 Å². The Morgan fingerprint density at radius 2 is 1.52 bits per heavy atom. The Labute approximate surface area is 173 Å². The molecule has 152 valence electrons. The molecular formula is C26H30O3. The van der Waals surface area contributed by atoms with Gasteiger partial charge in [-0.15, -0.1) is 0 Å². The molecule has 3 nitrogen and oxygen atoms in total. The lowest BCUT2D eigenvalue weighted by Gasteiger charge is -2.19.